The Bertz CT molecular complexity index is 422. The van der Waals surface area contributed by atoms with Crippen molar-refractivity contribution in [1.29, 1.82) is 0 Å². The van der Waals surface area contributed by atoms with Crippen LogP contribution >= 0.6 is 11.3 Å². The highest BCUT2D eigenvalue weighted by atomic mass is 32.1. The van der Waals surface area contributed by atoms with E-state index in [1.54, 1.807) is 0 Å². The van der Waals surface area contributed by atoms with Gasteiger partial charge in [-0.15, -0.1) is 11.3 Å². The minimum absolute atomic E-state index is 0.438. The van der Waals surface area contributed by atoms with Crippen molar-refractivity contribution in [1.82, 2.24) is 10.3 Å². The number of anilines is 1. The summed E-state index contributed by atoms with van der Waals surface area (Å²) in [5.41, 5.74) is 1.20. The summed E-state index contributed by atoms with van der Waals surface area (Å²) in [7, 11) is 1.82. The van der Waals surface area contributed by atoms with Crippen molar-refractivity contribution in [2.75, 3.05) is 25.1 Å². The van der Waals surface area contributed by atoms with Crippen molar-refractivity contribution in [2.24, 2.45) is 0 Å². The zero-order valence-electron chi connectivity index (χ0n) is 11.8. The van der Waals surface area contributed by atoms with Crippen LogP contribution in [0.25, 0.3) is 0 Å². The number of methoxy groups -OCH3 is 1. The molecule has 1 aromatic rings. The van der Waals surface area contributed by atoms with E-state index < -0.39 is 0 Å². The highest BCUT2D eigenvalue weighted by Crippen LogP contribution is 2.29. The van der Waals surface area contributed by atoms with Crippen LogP contribution in [0.15, 0.2) is 0 Å². The van der Waals surface area contributed by atoms with Crippen LogP contribution in [-0.4, -0.2) is 37.3 Å². The number of nitrogens with one attached hydrogen (secondary N) is 1. The number of ether oxygens (including phenoxy) is 1. The van der Waals surface area contributed by atoms with Crippen LogP contribution in [0.4, 0.5) is 5.13 Å². The van der Waals surface area contributed by atoms with Crippen molar-refractivity contribution in [3.05, 3.63) is 10.6 Å². The van der Waals surface area contributed by atoms with E-state index in [-0.39, 0.29) is 0 Å². The minimum Gasteiger partial charge on any atom is -0.381 e. The second kappa shape index (κ2) is 5.77. The van der Waals surface area contributed by atoms with Crippen molar-refractivity contribution < 1.29 is 4.74 Å². The molecular formula is C14H23N3OS. The molecular weight excluding hydrogens is 258 g/mol. The largest absolute Gasteiger partial charge is 0.381 e. The lowest BCUT2D eigenvalue weighted by molar-refractivity contribution is 0.0819. The standard InChI is InChI=1S/C14H23N3OS/c1-10-13(9-15-11-3-4-11)19-14(16-10)17-7-5-12(18-2)6-8-17/h11-12,15H,3-9H2,1-2H3. The number of piperidine rings is 1. The number of thiazole rings is 1. The molecule has 5 heteroatoms. The Balaban J connectivity index is 1.59. The van der Waals surface area contributed by atoms with Gasteiger partial charge in [-0.25, -0.2) is 4.98 Å². The molecule has 106 valence electrons. The lowest BCUT2D eigenvalue weighted by atomic mass is 10.1. The summed E-state index contributed by atoms with van der Waals surface area (Å²) >= 11 is 1.86. The van der Waals surface area contributed by atoms with Crippen molar-refractivity contribution >= 4 is 16.5 Å². The van der Waals surface area contributed by atoms with E-state index in [9.17, 15) is 0 Å². The number of aryl methyl sites for hydroxylation is 1. The summed E-state index contributed by atoms with van der Waals surface area (Å²) in [4.78, 5) is 8.56. The summed E-state index contributed by atoms with van der Waals surface area (Å²) in [6.45, 7) is 5.26. The maximum absolute atomic E-state index is 5.42. The molecule has 0 atom stereocenters. The maximum atomic E-state index is 5.42. The van der Waals surface area contributed by atoms with Gasteiger partial charge in [0.2, 0.25) is 0 Å². The number of nitrogens with zero attached hydrogens (tertiary/aromatic N) is 2. The van der Waals surface area contributed by atoms with Gasteiger partial charge in [-0.05, 0) is 32.6 Å². The number of hydrogen-bond acceptors (Lipinski definition) is 5. The molecule has 1 N–H and O–H groups in total. The molecule has 1 aliphatic heterocycles. The Morgan fingerprint density at radius 3 is 2.68 bits per heavy atom. The fourth-order valence-electron chi connectivity index (χ4n) is 2.52. The summed E-state index contributed by atoms with van der Waals surface area (Å²) < 4.78 is 5.42. The average molecular weight is 281 g/mol. The first kappa shape index (κ1) is 13.3. The Morgan fingerprint density at radius 2 is 2.05 bits per heavy atom. The summed E-state index contributed by atoms with van der Waals surface area (Å²) in [5.74, 6) is 0. The predicted octanol–water partition coefficient (Wildman–Crippen LogP) is 2.32. The zero-order valence-corrected chi connectivity index (χ0v) is 12.6. The van der Waals surface area contributed by atoms with Crippen LogP contribution in [0.5, 0.6) is 0 Å². The quantitative estimate of drug-likeness (QED) is 0.899. The molecule has 0 bridgehead atoms. The molecule has 0 radical (unpaired) electrons. The molecule has 3 rings (SSSR count). The van der Waals surface area contributed by atoms with Gasteiger partial charge in [-0.2, -0.15) is 0 Å². The van der Waals surface area contributed by atoms with Gasteiger partial charge >= 0.3 is 0 Å². The van der Waals surface area contributed by atoms with Gasteiger partial charge in [0.15, 0.2) is 5.13 Å². The van der Waals surface area contributed by atoms with Crippen LogP contribution in [0.3, 0.4) is 0 Å². The van der Waals surface area contributed by atoms with Gasteiger partial charge in [0.1, 0.15) is 0 Å². The maximum Gasteiger partial charge on any atom is 0.185 e. The van der Waals surface area contributed by atoms with E-state index in [1.165, 1.54) is 28.5 Å². The summed E-state index contributed by atoms with van der Waals surface area (Å²) in [5, 5.41) is 4.77. The molecule has 4 nitrogen and oxygen atoms in total. The molecule has 0 aromatic carbocycles. The van der Waals surface area contributed by atoms with E-state index in [2.05, 4.69) is 17.1 Å². The number of rotatable bonds is 5. The average Bonchev–Trinajstić information content (AvgIpc) is 3.20. The second-order valence-corrected chi connectivity index (χ2v) is 6.64. The molecule has 0 spiro atoms. The van der Waals surface area contributed by atoms with Crippen molar-refractivity contribution in [3.63, 3.8) is 0 Å². The van der Waals surface area contributed by atoms with Crippen LogP contribution in [0.2, 0.25) is 0 Å². The van der Waals surface area contributed by atoms with E-state index in [1.807, 2.05) is 18.4 Å². The molecule has 0 amide bonds. The smallest absolute Gasteiger partial charge is 0.185 e. The van der Waals surface area contributed by atoms with Gasteiger partial charge in [-0.3, -0.25) is 0 Å². The van der Waals surface area contributed by atoms with Gasteiger partial charge in [0.05, 0.1) is 11.8 Å². The summed E-state index contributed by atoms with van der Waals surface area (Å²) in [6.07, 6.45) is 5.35. The number of hydrogen-bond donors (Lipinski definition) is 1. The Labute approximate surface area is 119 Å². The highest BCUT2D eigenvalue weighted by Gasteiger charge is 2.23. The second-order valence-electron chi connectivity index (χ2n) is 5.58. The molecule has 19 heavy (non-hydrogen) atoms. The van der Waals surface area contributed by atoms with Crippen LogP contribution < -0.4 is 10.2 Å². The lowest BCUT2D eigenvalue weighted by Gasteiger charge is -2.30. The Morgan fingerprint density at radius 1 is 1.32 bits per heavy atom. The lowest BCUT2D eigenvalue weighted by Crippen LogP contribution is -2.36. The first-order chi connectivity index (χ1) is 9.26. The van der Waals surface area contributed by atoms with Crippen LogP contribution in [0.1, 0.15) is 36.3 Å². The SMILES string of the molecule is COC1CCN(c2nc(C)c(CNC3CC3)s2)CC1. The normalized spacial score (nSPS) is 21.1. The molecule has 2 aliphatic rings. The number of aromatic nitrogens is 1. The first-order valence-corrected chi connectivity index (χ1v) is 8.05. The van der Waals surface area contributed by atoms with E-state index in [0.29, 0.717) is 6.10 Å². The Hall–Kier alpha value is -0.650. The fraction of sp³-hybridized carbons (Fsp3) is 0.786. The third-order valence-corrected chi connectivity index (χ3v) is 5.27. The third-order valence-electron chi connectivity index (χ3n) is 4.06. The van der Waals surface area contributed by atoms with Crippen molar-refractivity contribution in [2.45, 2.75) is 51.3 Å². The van der Waals surface area contributed by atoms with E-state index >= 15 is 0 Å². The van der Waals surface area contributed by atoms with Crippen LogP contribution in [0, 0.1) is 6.92 Å². The van der Waals surface area contributed by atoms with Gasteiger partial charge < -0.3 is 15.0 Å². The highest BCUT2D eigenvalue weighted by molar-refractivity contribution is 7.15. The van der Waals surface area contributed by atoms with Gasteiger partial charge in [0.25, 0.3) is 0 Å². The topological polar surface area (TPSA) is 37.4 Å². The van der Waals surface area contributed by atoms with Gasteiger partial charge in [-0.1, -0.05) is 0 Å². The van der Waals surface area contributed by atoms with E-state index in [4.69, 9.17) is 9.72 Å². The fourth-order valence-corrected chi connectivity index (χ4v) is 3.58. The van der Waals surface area contributed by atoms with Crippen LogP contribution in [-0.2, 0) is 11.3 Å². The predicted molar refractivity (Wildman–Crippen MR) is 79.0 cm³/mol. The third kappa shape index (κ3) is 3.27. The molecule has 0 unspecified atom stereocenters. The minimum atomic E-state index is 0.438. The molecule has 1 saturated heterocycles. The molecule has 1 aromatic heterocycles. The molecule has 2 heterocycles. The molecule has 2 fully saturated rings. The zero-order chi connectivity index (χ0) is 13.2. The molecule has 1 aliphatic carbocycles. The Kier molecular flexibility index (Phi) is 4.05. The van der Waals surface area contributed by atoms with Crippen molar-refractivity contribution in [3.8, 4) is 0 Å². The first-order valence-electron chi connectivity index (χ1n) is 7.23. The summed E-state index contributed by atoms with van der Waals surface area (Å²) in [6, 6.07) is 0.766. The van der Waals surface area contributed by atoms with Gasteiger partial charge in [0, 0.05) is 37.7 Å². The molecule has 1 saturated carbocycles. The van der Waals surface area contributed by atoms with E-state index in [0.717, 1.165) is 38.5 Å². The monoisotopic (exact) mass is 281 g/mol.